The quantitative estimate of drug-likeness (QED) is 0.814. The van der Waals surface area contributed by atoms with Crippen molar-refractivity contribution in [3.8, 4) is 6.07 Å². The van der Waals surface area contributed by atoms with Gasteiger partial charge in [0.2, 0.25) is 0 Å². The van der Waals surface area contributed by atoms with Crippen LogP contribution in [0.3, 0.4) is 0 Å². The van der Waals surface area contributed by atoms with Gasteiger partial charge < -0.3 is 10.4 Å². The summed E-state index contributed by atoms with van der Waals surface area (Å²) in [5, 5.41) is 30.5. The summed E-state index contributed by atoms with van der Waals surface area (Å²) in [7, 11) is 0. The third-order valence-corrected chi connectivity index (χ3v) is 4.48. The minimum absolute atomic E-state index is 0.130. The maximum atomic E-state index is 9.95. The number of aryl methyl sites for hydroxylation is 1. The van der Waals surface area contributed by atoms with Crippen molar-refractivity contribution < 1.29 is 5.11 Å². The normalized spacial score (nSPS) is 21.8. The van der Waals surface area contributed by atoms with Crippen LogP contribution in [0.15, 0.2) is 0 Å². The van der Waals surface area contributed by atoms with Gasteiger partial charge in [-0.1, -0.05) is 12.8 Å². The SMILES string of the molecule is Cc1nnc(NCCCC2CCCCC2O)c(C#N)c1C. The molecule has 0 aliphatic heterocycles. The lowest BCUT2D eigenvalue weighted by Crippen LogP contribution is -2.24. The summed E-state index contributed by atoms with van der Waals surface area (Å²) in [6, 6.07) is 2.20. The van der Waals surface area contributed by atoms with Crippen LogP contribution in [-0.2, 0) is 0 Å². The van der Waals surface area contributed by atoms with Crippen LogP contribution >= 0.6 is 0 Å². The number of rotatable bonds is 5. The fourth-order valence-electron chi connectivity index (χ4n) is 2.96. The Bertz CT molecular complexity index is 524. The van der Waals surface area contributed by atoms with E-state index >= 15 is 0 Å². The molecular formula is C16H24N4O. The molecule has 1 aromatic rings. The largest absolute Gasteiger partial charge is 0.393 e. The minimum Gasteiger partial charge on any atom is -0.393 e. The third kappa shape index (κ3) is 3.92. The Hall–Kier alpha value is -1.67. The second-order valence-corrected chi connectivity index (χ2v) is 5.93. The lowest BCUT2D eigenvalue weighted by molar-refractivity contribution is 0.0648. The summed E-state index contributed by atoms with van der Waals surface area (Å²) in [4.78, 5) is 0. The van der Waals surface area contributed by atoms with E-state index in [1.165, 1.54) is 6.42 Å². The molecule has 1 saturated carbocycles. The van der Waals surface area contributed by atoms with Crippen LogP contribution in [0.4, 0.5) is 5.82 Å². The zero-order chi connectivity index (χ0) is 15.2. The summed E-state index contributed by atoms with van der Waals surface area (Å²) in [6.07, 6.45) is 6.33. The number of hydrogen-bond donors (Lipinski definition) is 2. The molecule has 114 valence electrons. The predicted molar refractivity (Wildman–Crippen MR) is 81.9 cm³/mol. The number of aliphatic hydroxyl groups excluding tert-OH is 1. The van der Waals surface area contributed by atoms with Gasteiger partial charge in [-0.25, -0.2) is 0 Å². The standard InChI is InChI=1S/C16H24N4O/c1-11-12(2)19-20-16(14(11)10-17)18-9-5-7-13-6-3-4-8-15(13)21/h13,15,21H,3-9H2,1-2H3,(H,18,20). The van der Waals surface area contributed by atoms with E-state index in [0.717, 1.165) is 49.9 Å². The van der Waals surface area contributed by atoms with Crippen molar-refractivity contribution in [1.29, 1.82) is 5.26 Å². The summed E-state index contributed by atoms with van der Waals surface area (Å²) < 4.78 is 0. The minimum atomic E-state index is -0.130. The molecule has 2 atom stereocenters. The maximum Gasteiger partial charge on any atom is 0.166 e. The topological polar surface area (TPSA) is 81.8 Å². The number of anilines is 1. The van der Waals surface area contributed by atoms with Crippen LogP contribution < -0.4 is 5.32 Å². The van der Waals surface area contributed by atoms with Gasteiger partial charge in [-0.05, 0) is 51.0 Å². The molecule has 5 heteroatoms. The number of nitrogens with zero attached hydrogens (tertiary/aromatic N) is 3. The highest BCUT2D eigenvalue weighted by molar-refractivity contribution is 5.55. The molecule has 0 bridgehead atoms. The van der Waals surface area contributed by atoms with Gasteiger partial charge in [0.15, 0.2) is 5.82 Å². The zero-order valence-electron chi connectivity index (χ0n) is 12.9. The van der Waals surface area contributed by atoms with Crippen molar-refractivity contribution in [3.63, 3.8) is 0 Å². The average molecular weight is 288 g/mol. The Morgan fingerprint density at radius 3 is 2.76 bits per heavy atom. The first-order chi connectivity index (χ1) is 10.1. The molecule has 21 heavy (non-hydrogen) atoms. The summed E-state index contributed by atoms with van der Waals surface area (Å²) in [6.45, 7) is 4.51. The van der Waals surface area contributed by atoms with E-state index in [1.807, 2.05) is 13.8 Å². The molecule has 1 aliphatic carbocycles. The highest BCUT2D eigenvalue weighted by atomic mass is 16.3. The van der Waals surface area contributed by atoms with Crippen LogP contribution in [0, 0.1) is 31.1 Å². The first-order valence-electron chi connectivity index (χ1n) is 7.79. The Labute approximate surface area is 126 Å². The fraction of sp³-hybridized carbons (Fsp3) is 0.688. The van der Waals surface area contributed by atoms with Crippen LogP contribution in [0.5, 0.6) is 0 Å². The molecule has 0 aromatic carbocycles. The lowest BCUT2D eigenvalue weighted by Gasteiger charge is -2.27. The van der Waals surface area contributed by atoms with Crippen LogP contribution in [0.1, 0.15) is 55.3 Å². The molecule has 0 radical (unpaired) electrons. The molecule has 5 nitrogen and oxygen atoms in total. The Balaban J connectivity index is 1.84. The molecule has 0 amide bonds. The molecule has 2 unspecified atom stereocenters. The van der Waals surface area contributed by atoms with E-state index < -0.39 is 0 Å². The van der Waals surface area contributed by atoms with Gasteiger partial charge in [-0.2, -0.15) is 10.4 Å². The lowest BCUT2D eigenvalue weighted by atomic mass is 9.83. The van der Waals surface area contributed by atoms with E-state index in [0.29, 0.717) is 17.3 Å². The molecular weight excluding hydrogens is 264 g/mol. The van der Waals surface area contributed by atoms with Gasteiger partial charge in [0, 0.05) is 6.54 Å². The number of nitriles is 1. The molecule has 2 rings (SSSR count). The molecule has 2 N–H and O–H groups in total. The van der Waals surface area contributed by atoms with Crippen molar-refractivity contribution in [2.75, 3.05) is 11.9 Å². The molecule has 1 heterocycles. The number of aromatic nitrogens is 2. The number of nitrogens with one attached hydrogen (secondary N) is 1. The highest BCUT2D eigenvalue weighted by Crippen LogP contribution is 2.28. The highest BCUT2D eigenvalue weighted by Gasteiger charge is 2.22. The number of hydrogen-bond acceptors (Lipinski definition) is 5. The van der Waals surface area contributed by atoms with Gasteiger partial charge in [0.05, 0.1) is 11.8 Å². The first kappa shape index (κ1) is 15.7. The smallest absolute Gasteiger partial charge is 0.166 e. The summed E-state index contributed by atoms with van der Waals surface area (Å²) in [5.74, 6) is 1.01. The fourth-order valence-corrected chi connectivity index (χ4v) is 2.96. The van der Waals surface area contributed by atoms with Crippen LogP contribution in [0.2, 0.25) is 0 Å². The molecule has 0 spiro atoms. The Morgan fingerprint density at radius 1 is 1.29 bits per heavy atom. The van der Waals surface area contributed by atoms with Crippen molar-refractivity contribution in [3.05, 3.63) is 16.8 Å². The molecule has 0 saturated heterocycles. The number of aliphatic hydroxyl groups is 1. The third-order valence-electron chi connectivity index (χ3n) is 4.48. The first-order valence-corrected chi connectivity index (χ1v) is 7.79. The van der Waals surface area contributed by atoms with Crippen LogP contribution in [0.25, 0.3) is 0 Å². The van der Waals surface area contributed by atoms with Crippen molar-refractivity contribution in [2.24, 2.45) is 5.92 Å². The predicted octanol–water partition coefficient (Wildman–Crippen LogP) is 2.71. The Kier molecular flexibility index (Phi) is 5.51. The second kappa shape index (κ2) is 7.37. The molecule has 1 aliphatic rings. The van der Waals surface area contributed by atoms with Crippen molar-refractivity contribution in [1.82, 2.24) is 10.2 Å². The van der Waals surface area contributed by atoms with Crippen LogP contribution in [-0.4, -0.2) is 28.0 Å². The zero-order valence-corrected chi connectivity index (χ0v) is 12.9. The van der Waals surface area contributed by atoms with E-state index in [9.17, 15) is 10.4 Å². The second-order valence-electron chi connectivity index (χ2n) is 5.93. The van der Waals surface area contributed by atoms with Gasteiger partial charge in [-0.15, -0.1) is 5.10 Å². The molecule has 1 aromatic heterocycles. The van der Waals surface area contributed by atoms with Gasteiger partial charge >= 0.3 is 0 Å². The van der Waals surface area contributed by atoms with Gasteiger partial charge in [0.1, 0.15) is 11.6 Å². The van der Waals surface area contributed by atoms with Crippen molar-refractivity contribution in [2.45, 2.75) is 58.5 Å². The van der Waals surface area contributed by atoms with Gasteiger partial charge in [0.25, 0.3) is 0 Å². The van der Waals surface area contributed by atoms with E-state index in [4.69, 9.17) is 0 Å². The molecule has 1 fully saturated rings. The van der Waals surface area contributed by atoms with E-state index in [2.05, 4.69) is 21.6 Å². The van der Waals surface area contributed by atoms with Gasteiger partial charge in [-0.3, -0.25) is 0 Å². The van der Waals surface area contributed by atoms with Crippen molar-refractivity contribution >= 4 is 5.82 Å². The average Bonchev–Trinajstić information content (AvgIpc) is 2.49. The van der Waals surface area contributed by atoms with E-state index in [-0.39, 0.29) is 6.10 Å². The summed E-state index contributed by atoms with van der Waals surface area (Å²) >= 11 is 0. The maximum absolute atomic E-state index is 9.95. The monoisotopic (exact) mass is 288 g/mol. The van der Waals surface area contributed by atoms with E-state index in [1.54, 1.807) is 0 Å². The summed E-state index contributed by atoms with van der Waals surface area (Å²) in [5.41, 5.74) is 2.26. The Morgan fingerprint density at radius 2 is 2.05 bits per heavy atom.